The molecule has 0 atom stereocenters. The highest BCUT2D eigenvalue weighted by molar-refractivity contribution is 6.19. The van der Waals surface area contributed by atoms with Crippen LogP contribution in [-0.2, 0) is 6.61 Å². The molecule has 0 N–H and O–H groups in total. The minimum atomic E-state index is -0.359. The summed E-state index contributed by atoms with van der Waals surface area (Å²) < 4.78 is 24.1. The molecule has 0 aromatic heterocycles. The van der Waals surface area contributed by atoms with Crippen LogP contribution in [0.3, 0.4) is 0 Å². The van der Waals surface area contributed by atoms with Crippen molar-refractivity contribution < 1.29 is 13.9 Å². The Balaban J connectivity index is 2.15. The Kier molecular flexibility index (Phi) is 5.48. The van der Waals surface area contributed by atoms with Crippen LogP contribution >= 0.6 is 11.6 Å². The van der Waals surface area contributed by atoms with Gasteiger partial charge in [0.25, 0.3) is 0 Å². The van der Waals surface area contributed by atoms with Gasteiger partial charge in [-0.3, -0.25) is 0 Å². The molecule has 2 aromatic carbocycles. The Labute approximate surface area is 128 Å². The molecule has 0 aliphatic heterocycles. The van der Waals surface area contributed by atoms with E-state index in [1.807, 2.05) is 24.3 Å². The highest BCUT2D eigenvalue weighted by Crippen LogP contribution is 2.21. The van der Waals surface area contributed by atoms with Crippen molar-refractivity contribution in [3.63, 3.8) is 0 Å². The molecule has 0 bridgehead atoms. The van der Waals surface area contributed by atoms with E-state index in [1.165, 1.54) is 12.1 Å². The van der Waals surface area contributed by atoms with E-state index >= 15 is 0 Å². The number of ether oxygens (including phenoxy) is 2. The van der Waals surface area contributed by atoms with Gasteiger partial charge in [0.15, 0.2) is 0 Å². The molecular weight excluding hydrogens is 291 g/mol. The average Bonchev–Trinajstić information content (AvgIpc) is 2.52. The van der Waals surface area contributed by atoms with Gasteiger partial charge >= 0.3 is 0 Å². The molecule has 21 heavy (non-hydrogen) atoms. The van der Waals surface area contributed by atoms with Crippen LogP contribution < -0.4 is 9.47 Å². The van der Waals surface area contributed by atoms with Crippen LogP contribution in [0.25, 0.3) is 0 Å². The molecule has 0 saturated heterocycles. The van der Waals surface area contributed by atoms with E-state index in [4.69, 9.17) is 21.1 Å². The molecule has 108 valence electrons. The number of rotatable bonds is 4. The Hall–Kier alpha value is -2.18. The first-order valence-corrected chi connectivity index (χ1v) is 6.86. The predicted molar refractivity (Wildman–Crippen MR) is 81.3 cm³/mol. The first kappa shape index (κ1) is 15.2. The zero-order valence-corrected chi connectivity index (χ0v) is 12.3. The second-order valence-corrected chi connectivity index (χ2v) is 4.48. The number of halogens is 2. The van der Waals surface area contributed by atoms with Crippen LogP contribution in [0.5, 0.6) is 11.5 Å². The van der Waals surface area contributed by atoms with Crippen LogP contribution in [0.4, 0.5) is 4.39 Å². The minimum absolute atomic E-state index is 0.186. The summed E-state index contributed by atoms with van der Waals surface area (Å²) in [6.07, 6.45) is 0. The maximum atomic E-state index is 13.3. The molecule has 0 fully saturated rings. The molecule has 0 spiro atoms. The third kappa shape index (κ3) is 4.40. The molecule has 0 radical (unpaired) electrons. The van der Waals surface area contributed by atoms with Crippen molar-refractivity contribution >= 4 is 11.6 Å². The van der Waals surface area contributed by atoms with Gasteiger partial charge in [0.05, 0.1) is 18.6 Å². The van der Waals surface area contributed by atoms with Crippen LogP contribution in [0.2, 0.25) is 0 Å². The standard InChI is InChI=1S/C17H14ClFO2/c1-20-16-6-2-4-13(10-16)12-21-17-8-7-15(19)11-14(17)5-3-9-18/h2,4,6-8,10-11H,9,12H2,1H3. The van der Waals surface area contributed by atoms with Gasteiger partial charge in [-0.15, -0.1) is 11.6 Å². The second-order valence-electron chi connectivity index (χ2n) is 4.22. The molecule has 0 unspecified atom stereocenters. The highest BCUT2D eigenvalue weighted by atomic mass is 35.5. The fourth-order valence-electron chi connectivity index (χ4n) is 1.78. The fraction of sp³-hybridized carbons (Fsp3) is 0.176. The van der Waals surface area contributed by atoms with Crippen molar-refractivity contribution in [2.45, 2.75) is 6.61 Å². The van der Waals surface area contributed by atoms with Crippen molar-refractivity contribution in [2.75, 3.05) is 13.0 Å². The Morgan fingerprint density at radius 1 is 1.19 bits per heavy atom. The van der Waals surface area contributed by atoms with Gasteiger partial charge in [-0.2, -0.15) is 0 Å². The van der Waals surface area contributed by atoms with E-state index in [9.17, 15) is 4.39 Å². The largest absolute Gasteiger partial charge is 0.497 e. The monoisotopic (exact) mass is 304 g/mol. The summed E-state index contributed by atoms with van der Waals surface area (Å²) in [6.45, 7) is 0.346. The molecule has 4 heteroatoms. The van der Waals surface area contributed by atoms with Gasteiger partial charge in [-0.25, -0.2) is 4.39 Å². The molecule has 0 saturated carbocycles. The summed E-state index contributed by atoms with van der Waals surface area (Å²) in [5.74, 6) is 6.60. The molecule has 2 nitrogen and oxygen atoms in total. The van der Waals surface area contributed by atoms with Crippen LogP contribution in [0, 0.1) is 17.7 Å². The van der Waals surface area contributed by atoms with Crippen molar-refractivity contribution in [1.29, 1.82) is 0 Å². The SMILES string of the molecule is COc1cccc(COc2ccc(F)cc2C#CCCl)c1. The van der Waals surface area contributed by atoms with E-state index in [0.29, 0.717) is 17.9 Å². The minimum Gasteiger partial charge on any atom is -0.497 e. The van der Waals surface area contributed by atoms with E-state index in [2.05, 4.69) is 11.8 Å². The van der Waals surface area contributed by atoms with Gasteiger partial charge < -0.3 is 9.47 Å². The molecule has 0 amide bonds. The van der Waals surface area contributed by atoms with Crippen molar-refractivity contribution in [2.24, 2.45) is 0 Å². The number of hydrogen-bond donors (Lipinski definition) is 0. The summed E-state index contributed by atoms with van der Waals surface area (Å²) in [6, 6.07) is 11.8. The van der Waals surface area contributed by atoms with Gasteiger partial charge in [-0.1, -0.05) is 24.0 Å². The first-order chi connectivity index (χ1) is 10.2. The Morgan fingerprint density at radius 2 is 2.05 bits per heavy atom. The number of hydrogen-bond acceptors (Lipinski definition) is 2. The number of alkyl halides is 1. The Morgan fingerprint density at radius 3 is 2.81 bits per heavy atom. The maximum Gasteiger partial charge on any atom is 0.135 e. The summed E-state index contributed by atoms with van der Waals surface area (Å²) in [7, 11) is 1.61. The lowest BCUT2D eigenvalue weighted by molar-refractivity contribution is 0.304. The number of benzene rings is 2. The van der Waals surface area contributed by atoms with E-state index in [1.54, 1.807) is 13.2 Å². The third-order valence-electron chi connectivity index (χ3n) is 2.76. The molecule has 2 aromatic rings. The van der Waals surface area contributed by atoms with Gasteiger partial charge in [0.2, 0.25) is 0 Å². The summed E-state index contributed by atoms with van der Waals surface area (Å²) >= 11 is 5.53. The Bertz CT molecular complexity index is 674. The summed E-state index contributed by atoms with van der Waals surface area (Å²) in [4.78, 5) is 0. The quantitative estimate of drug-likeness (QED) is 0.628. The lowest BCUT2D eigenvalue weighted by Crippen LogP contribution is -1.98. The van der Waals surface area contributed by atoms with Crippen LogP contribution in [0.15, 0.2) is 42.5 Å². The third-order valence-corrected chi connectivity index (χ3v) is 2.89. The maximum absolute atomic E-state index is 13.3. The van der Waals surface area contributed by atoms with Gasteiger partial charge in [0.1, 0.15) is 23.9 Å². The average molecular weight is 305 g/mol. The van der Waals surface area contributed by atoms with Crippen molar-refractivity contribution in [3.05, 3.63) is 59.4 Å². The summed E-state index contributed by atoms with van der Waals surface area (Å²) in [5.41, 5.74) is 1.44. The van der Waals surface area contributed by atoms with Crippen molar-refractivity contribution in [3.8, 4) is 23.3 Å². The second kappa shape index (κ2) is 7.56. The molecular formula is C17H14ClFO2. The molecule has 0 aliphatic rings. The summed E-state index contributed by atoms with van der Waals surface area (Å²) in [5, 5.41) is 0. The molecule has 0 heterocycles. The van der Waals surface area contributed by atoms with E-state index < -0.39 is 0 Å². The van der Waals surface area contributed by atoms with E-state index in [-0.39, 0.29) is 11.7 Å². The zero-order chi connectivity index (χ0) is 15.1. The first-order valence-electron chi connectivity index (χ1n) is 6.33. The smallest absolute Gasteiger partial charge is 0.135 e. The van der Waals surface area contributed by atoms with Crippen LogP contribution in [0.1, 0.15) is 11.1 Å². The van der Waals surface area contributed by atoms with Gasteiger partial charge in [-0.05, 0) is 35.9 Å². The molecule has 2 rings (SSSR count). The van der Waals surface area contributed by atoms with E-state index in [0.717, 1.165) is 11.3 Å². The predicted octanol–water partition coefficient (Wildman–Crippen LogP) is 4.00. The fourth-order valence-corrected chi connectivity index (χ4v) is 1.84. The topological polar surface area (TPSA) is 18.5 Å². The number of methoxy groups -OCH3 is 1. The van der Waals surface area contributed by atoms with Crippen molar-refractivity contribution in [1.82, 2.24) is 0 Å². The lowest BCUT2D eigenvalue weighted by Gasteiger charge is -2.09. The molecule has 0 aliphatic carbocycles. The van der Waals surface area contributed by atoms with Gasteiger partial charge in [0, 0.05) is 0 Å². The zero-order valence-electron chi connectivity index (χ0n) is 11.5. The van der Waals surface area contributed by atoms with Crippen LogP contribution in [-0.4, -0.2) is 13.0 Å². The lowest BCUT2D eigenvalue weighted by atomic mass is 10.2. The highest BCUT2D eigenvalue weighted by Gasteiger charge is 2.04. The normalized spacial score (nSPS) is 9.67.